The third-order valence-corrected chi connectivity index (χ3v) is 4.78. The predicted molar refractivity (Wildman–Crippen MR) is 108 cm³/mol. The van der Waals surface area contributed by atoms with Crippen molar-refractivity contribution in [2.24, 2.45) is 0 Å². The van der Waals surface area contributed by atoms with Crippen molar-refractivity contribution in [1.29, 1.82) is 0 Å². The summed E-state index contributed by atoms with van der Waals surface area (Å²) < 4.78 is 1.76. The summed E-state index contributed by atoms with van der Waals surface area (Å²) in [5, 5.41) is 14.0. The molecular weight excluding hydrogens is 380 g/mol. The summed E-state index contributed by atoms with van der Waals surface area (Å²) in [5.74, 6) is -0.500. The summed E-state index contributed by atoms with van der Waals surface area (Å²) in [6, 6.07) is 10.1. The quantitative estimate of drug-likeness (QED) is 0.725. The van der Waals surface area contributed by atoms with Crippen LogP contribution >= 0.6 is 12.4 Å². The number of halogens is 1. The maximum absolute atomic E-state index is 12.4. The molecular formula is C19H27ClN6O2. The van der Waals surface area contributed by atoms with Crippen LogP contribution < -0.4 is 10.6 Å². The highest BCUT2D eigenvalue weighted by Gasteiger charge is 2.20. The summed E-state index contributed by atoms with van der Waals surface area (Å²) in [7, 11) is 0. The summed E-state index contributed by atoms with van der Waals surface area (Å²) in [6.07, 6.45) is 3.60. The molecule has 1 aliphatic heterocycles. The highest BCUT2D eigenvalue weighted by atomic mass is 35.5. The monoisotopic (exact) mass is 406 g/mol. The normalized spacial score (nSPS) is 14.2. The Morgan fingerprint density at radius 2 is 1.96 bits per heavy atom. The molecule has 1 aromatic carbocycles. The first-order chi connectivity index (χ1) is 13.2. The lowest BCUT2D eigenvalue weighted by molar-refractivity contribution is -0.130. The standard InChI is InChI=1S/C19H26N6O2.ClH/c1-2-24(13-15-6-4-3-5-7-15)18(26)12-21-19(27)17-14-25(23-22-17)16-8-10-20-11-9-16;/h3-7,14,16,20H,2,8-13H2,1H3,(H,21,27);1H. The Morgan fingerprint density at radius 3 is 2.64 bits per heavy atom. The Bertz CT molecular complexity index is 761. The lowest BCUT2D eigenvalue weighted by atomic mass is 10.1. The Labute approximate surface area is 171 Å². The number of benzene rings is 1. The zero-order chi connectivity index (χ0) is 19.1. The Balaban J connectivity index is 0.00000280. The minimum Gasteiger partial charge on any atom is -0.342 e. The molecule has 1 saturated heterocycles. The number of hydrogen-bond donors (Lipinski definition) is 2. The van der Waals surface area contributed by atoms with E-state index in [2.05, 4.69) is 20.9 Å². The molecule has 2 N–H and O–H groups in total. The van der Waals surface area contributed by atoms with Crippen LogP contribution in [-0.4, -0.2) is 57.9 Å². The van der Waals surface area contributed by atoms with Crippen LogP contribution in [0.3, 0.4) is 0 Å². The molecule has 0 saturated carbocycles. The van der Waals surface area contributed by atoms with E-state index in [1.54, 1.807) is 15.8 Å². The largest absolute Gasteiger partial charge is 0.342 e. The van der Waals surface area contributed by atoms with Crippen LogP contribution in [0.25, 0.3) is 0 Å². The molecule has 28 heavy (non-hydrogen) atoms. The summed E-state index contributed by atoms with van der Waals surface area (Å²) in [5.41, 5.74) is 1.30. The number of nitrogens with one attached hydrogen (secondary N) is 2. The van der Waals surface area contributed by atoms with E-state index in [-0.39, 0.29) is 42.5 Å². The van der Waals surface area contributed by atoms with Crippen LogP contribution in [0.1, 0.15) is 41.9 Å². The molecule has 8 nitrogen and oxygen atoms in total. The molecule has 1 fully saturated rings. The van der Waals surface area contributed by atoms with Crippen LogP contribution in [0.15, 0.2) is 36.5 Å². The second kappa shape index (κ2) is 10.8. The maximum Gasteiger partial charge on any atom is 0.273 e. The molecule has 1 aliphatic rings. The molecule has 0 unspecified atom stereocenters. The van der Waals surface area contributed by atoms with Gasteiger partial charge in [-0.1, -0.05) is 35.5 Å². The van der Waals surface area contributed by atoms with Gasteiger partial charge in [0, 0.05) is 13.1 Å². The molecule has 2 amide bonds. The van der Waals surface area contributed by atoms with Gasteiger partial charge < -0.3 is 15.5 Å². The molecule has 2 aromatic rings. The number of piperidine rings is 1. The van der Waals surface area contributed by atoms with E-state index in [1.165, 1.54) is 0 Å². The van der Waals surface area contributed by atoms with Crippen LogP contribution in [0.5, 0.6) is 0 Å². The van der Waals surface area contributed by atoms with Crippen molar-refractivity contribution >= 4 is 24.2 Å². The third kappa shape index (κ3) is 5.77. The van der Waals surface area contributed by atoms with E-state index in [0.717, 1.165) is 31.5 Å². The van der Waals surface area contributed by atoms with Crippen LogP contribution in [0, 0.1) is 0 Å². The van der Waals surface area contributed by atoms with E-state index >= 15 is 0 Å². The van der Waals surface area contributed by atoms with E-state index in [9.17, 15) is 9.59 Å². The molecule has 9 heteroatoms. The predicted octanol–water partition coefficient (Wildman–Crippen LogP) is 1.40. The lowest BCUT2D eigenvalue weighted by Gasteiger charge is -2.22. The first-order valence-electron chi connectivity index (χ1n) is 9.40. The zero-order valence-corrected chi connectivity index (χ0v) is 16.8. The molecule has 0 atom stereocenters. The Kier molecular flexibility index (Phi) is 8.41. The van der Waals surface area contributed by atoms with Gasteiger partial charge in [-0.3, -0.25) is 9.59 Å². The number of carbonyl (C=O) groups excluding carboxylic acids is 2. The van der Waals surface area contributed by atoms with Crippen LogP contribution in [-0.2, 0) is 11.3 Å². The lowest BCUT2D eigenvalue weighted by Crippen LogP contribution is -2.39. The van der Waals surface area contributed by atoms with Gasteiger partial charge in [0.05, 0.1) is 18.8 Å². The Morgan fingerprint density at radius 1 is 1.25 bits per heavy atom. The Hall–Kier alpha value is -2.45. The number of nitrogens with zero attached hydrogens (tertiary/aromatic N) is 4. The van der Waals surface area contributed by atoms with Gasteiger partial charge >= 0.3 is 0 Å². The fraction of sp³-hybridized carbons (Fsp3) is 0.474. The minimum atomic E-state index is -0.376. The smallest absolute Gasteiger partial charge is 0.273 e. The van der Waals surface area contributed by atoms with Crippen molar-refractivity contribution in [3.63, 3.8) is 0 Å². The van der Waals surface area contributed by atoms with Crippen molar-refractivity contribution < 1.29 is 9.59 Å². The third-order valence-electron chi connectivity index (χ3n) is 4.78. The highest BCUT2D eigenvalue weighted by molar-refractivity contribution is 5.94. The number of amides is 2. The fourth-order valence-electron chi connectivity index (χ4n) is 3.17. The first-order valence-corrected chi connectivity index (χ1v) is 9.40. The van der Waals surface area contributed by atoms with E-state index < -0.39 is 0 Å². The van der Waals surface area contributed by atoms with Gasteiger partial charge in [0.2, 0.25) is 5.91 Å². The fourth-order valence-corrected chi connectivity index (χ4v) is 3.17. The van der Waals surface area contributed by atoms with Gasteiger partial charge in [-0.25, -0.2) is 4.68 Å². The van der Waals surface area contributed by atoms with E-state index in [0.29, 0.717) is 13.1 Å². The molecule has 152 valence electrons. The van der Waals surface area contributed by atoms with Gasteiger partial charge in [0.1, 0.15) is 0 Å². The van der Waals surface area contributed by atoms with Gasteiger partial charge in [-0.15, -0.1) is 17.5 Å². The summed E-state index contributed by atoms with van der Waals surface area (Å²) in [4.78, 5) is 26.4. The van der Waals surface area contributed by atoms with Crippen molar-refractivity contribution in [1.82, 2.24) is 30.5 Å². The summed E-state index contributed by atoms with van der Waals surface area (Å²) in [6.45, 7) is 4.85. The maximum atomic E-state index is 12.4. The number of carbonyl (C=O) groups is 2. The molecule has 2 heterocycles. The van der Waals surface area contributed by atoms with E-state index in [1.807, 2.05) is 37.3 Å². The molecule has 3 rings (SSSR count). The molecule has 0 bridgehead atoms. The second-order valence-corrected chi connectivity index (χ2v) is 6.64. The van der Waals surface area contributed by atoms with Crippen molar-refractivity contribution in [2.45, 2.75) is 32.4 Å². The van der Waals surface area contributed by atoms with Crippen molar-refractivity contribution in [3.05, 3.63) is 47.8 Å². The van der Waals surface area contributed by atoms with Crippen molar-refractivity contribution in [2.75, 3.05) is 26.2 Å². The molecule has 0 radical (unpaired) electrons. The summed E-state index contributed by atoms with van der Waals surface area (Å²) >= 11 is 0. The minimum absolute atomic E-state index is 0. The first kappa shape index (κ1) is 21.8. The van der Waals surface area contributed by atoms with Gasteiger partial charge in [0.25, 0.3) is 5.91 Å². The average molecular weight is 407 g/mol. The molecule has 0 aliphatic carbocycles. The molecule has 1 aromatic heterocycles. The topological polar surface area (TPSA) is 92.2 Å². The second-order valence-electron chi connectivity index (χ2n) is 6.64. The SMILES string of the molecule is CCN(Cc1ccccc1)C(=O)CNC(=O)c1cn(C2CCNCC2)nn1.Cl. The zero-order valence-electron chi connectivity index (χ0n) is 16.0. The van der Waals surface area contributed by atoms with Gasteiger partial charge in [-0.2, -0.15) is 0 Å². The number of hydrogen-bond acceptors (Lipinski definition) is 5. The van der Waals surface area contributed by atoms with E-state index in [4.69, 9.17) is 0 Å². The number of rotatable bonds is 7. The van der Waals surface area contributed by atoms with Crippen molar-refractivity contribution in [3.8, 4) is 0 Å². The molecule has 0 spiro atoms. The van der Waals surface area contributed by atoms with Gasteiger partial charge in [-0.05, 0) is 38.4 Å². The highest BCUT2D eigenvalue weighted by Crippen LogP contribution is 2.17. The van der Waals surface area contributed by atoms with Crippen LogP contribution in [0.4, 0.5) is 0 Å². The average Bonchev–Trinajstić information content (AvgIpc) is 3.22. The number of likely N-dealkylation sites (N-methyl/N-ethyl adjacent to an activating group) is 1. The van der Waals surface area contributed by atoms with Gasteiger partial charge in [0.15, 0.2) is 5.69 Å². The van der Waals surface area contributed by atoms with Crippen LogP contribution in [0.2, 0.25) is 0 Å². The number of aromatic nitrogens is 3.